The van der Waals surface area contributed by atoms with E-state index in [1.165, 1.54) is 4.88 Å². The molecule has 1 N–H and O–H groups in total. The minimum absolute atomic E-state index is 0.00947. The van der Waals surface area contributed by atoms with Crippen molar-refractivity contribution in [2.45, 2.75) is 5.75 Å². The number of carbonyl (C=O) groups excluding carboxylic acids is 1. The lowest BCUT2D eigenvalue weighted by Gasteiger charge is -2.12. The molecule has 1 amide bonds. The van der Waals surface area contributed by atoms with Gasteiger partial charge in [0.25, 0.3) is 5.91 Å². The van der Waals surface area contributed by atoms with Gasteiger partial charge in [-0.15, -0.1) is 11.3 Å². The smallest absolute Gasteiger partial charge is 0.251 e. The minimum atomic E-state index is -0.00947. The van der Waals surface area contributed by atoms with Crippen LogP contribution in [0.15, 0.2) is 40.2 Å². The Bertz CT molecular complexity index is 611. The number of halogens is 1. The Balaban J connectivity index is 1.69. The summed E-state index contributed by atoms with van der Waals surface area (Å²) in [6.07, 6.45) is 0. The van der Waals surface area contributed by atoms with Gasteiger partial charge >= 0.3 is 0 Å². The number of hydrogen-bond donors (Lipinski definition) is 1. The van der Waals surface area contributed by atoms with E-state index < -0.39 is 0 Å². The van der Waals surface area contributed by atoms with Gasteiger partial charge in [0.05, 0.1) is 3.79 Å². The Labute approximate surface area is 148 Å². The first-order chi connectivity index (χ1) is 10.6. The van der Waals surface area contributed by atoms with Crippen LogP contribution in [0.2, 0.25) is 0 Å². The van der Waals surface area contributed by atoms with E-state index in [1.54, 1.807) is 11.3 Å². The highest BCUT2D eigenvalue weighted by molar-refractivity contribution is 9.11. The van der Waals surface area contributed by atoms with Crippen molar-refractivity contribution < 1.29 is 4.79 Å². The Morgan fingerprint density at radius 1 is 1.23 bits per heavy atom. The molecule has 0 aliphatic heterocycles. The molecule has 0 spiro atoms. The fourth-order valence-electron chi connectivity index (χ4n) is 1.85. The Morgan fingerprint density at radius 2 is 1.95 bits per heavy atom. The second-order valence-corrected chi connectivity index (χ2v) is 8.61. The molecule has 1 aromatic carbocycles. The van der Waals surface area contributed by atoms with Gasteiger partial charge in [-0.25, -0.2) is 0 Å². The highest BCUT2D eigenvalue weighted by Crippen LogP contribution is 2.25. The predicted molar refractivity (Wildman–Crippen MR) is 101 cm³/mol. The molecule has 0 radical (unpaired) electrons. The number of nitrogens with one attached hydrogen (secondary N) is 1. The van der Waals surface area contributed by atoms with Gasteiger partial charge in [-0.2, -0.15) is 11.8 Å². The fourth-order valence-corrected chi connectivity index (χ4v) is 4.30. The van der Waals surface area contributed by atoms with Crippen LogP contribution >= 0.6 is 39.0 Å². The van der Waals surface area contributed by atoms with Crippen LogP contribution in [0.3, 0.4) is 0 Å². The van der Waals surface area contributed by atoms with E-state index in [-0.39, 0.29) is 5.91 Å². The third kappa shape index (κ3) is 5.34. The van der Waals surface area contributed by atoms with E-state index in [0.717, 1.165) is 21.0 Å². The van der Waals surface area contributed by atoms with E-state index in [4.69, 9.17) is 0 Å². The summed E-state index contributed by atoms with van der Waals surface area (Å²) in [6, 6.07) is 11.8. The zero-order chi connectivity index (χ0) is 15.9. The molecular formula is C16H19BrN2OS2. The van der Waals surface area contributed by atoms with Crippen molar-refractivity contribution in [3.05, 3.63) is 50.6 Å². The van der Waals surface area contributed by atoms with E-state index in [9.17, 15) is 4.79 Å². The first kappa shape index (κ1) is 17.4. The molecule has 22 heavy (non-hydrogen) atoms. The van der Waals surface area contributed by atoms with Crippen molar-refractivity contribution >= 4 is 50.6 Å². The number of nitrogens with zero attached hydrogens (tertiary/aromatic N) is 1. The number of benzene rings is 1. The van der Waals surface area contributed by atoms with Crippen molar-refractivity contribution in [2.75, 3.05) is 31.3 Å². The molecule has 6 heteroatoms. The lowest BCUT2D eigenvalue weighted by molar-refractivity contribution is 0.0956. The second kappa shape index (κ2) is 8.60. The largest absolute Gasteiger partial charge is 0.378 e. The maximum atomic E-state index is 12.0. The minimum Gasteiger partial charge on any atom is -0.378 e. The number of amides is 1. The molecule has 0 aliphatic rings. The van der Waals surface area contributed by atoms with Gasteiger partial charge in [-0.3, -0.25) is 4.79 Å². The topological polar surface area (TPSA) is 32.3 Å². The van der Waals surface area contributed by atoms with Gasteiger partial charge in [-0.05, 0) is 52.3 Å². The average molecular weight is 399 g/mol. The van der Waals surface area contributed by atoms with E-state index in [1.807, 2.05) is 55.0 Å². The molecule has 0 fully saturated rings. The van der Waals surface area contributed by atoms with Gasteiger partial charge in [0, 0.05) is 48.3 Å². The van der Waals surface area contributed by atoms with Crippen LogP contribution in [0.4, 0.5) is 5.69 Å². The molecule has 0 saturated heterocycles. The summed E-state index contributed by atoms with van der Waals surface area (Å²) in [7, 11) is 3.97. The molecule has 0 unspecified atom stereocenters. The van der Waals surface area contributed by atoms with E-state index >= 15 is 0 Å². The molecule has 1 heterocycles. The van der Waals surface area contributed by atoms with Gasteiger partial charge in [0.1, 0.15) is 0 Å². The maximum absolute atomic E-state index is 12.0. The maximum Gasteiger partial charge on any atom is 0.251 e. The van der Waals surface area contributed by atoms with Crippen LogP contribution in [-0.2, 0) is 5.75 Å². The summed E-state index contributed by atoms with van der Waals surface area (Å²) in [6.45, 7) is 0.686. The normalized spacial score (nSPS) is 10.5. The quantitative estimate of drug-likeness (QED) is 0.707. The predicted octanol–water partition coefficient (Wildman–Crippen LogP) is 4.24. The number of thioether (sulfide) groups is 1. The number of rotatable bonds is 7. The monoisotopic (exact) mass is 398 g/mol. The number of hydrogen-bond acceptors (Lipinski definition) is 4. The number of thiophene rings is 1. The molecule has 1 aromatic heterocycles. The summed E-state index contributed by atoms with van der Waals surface area (Å²) < 4.78 is 1.16. The Hall–Kier alpha value is -0.980. The van der Waals surface area contributed by atoms with Crippen LogP contribution in [0.5, 0.6) is 0 Å². The summed E-state index contributed by atoms with van der Waals surface area (Å²) in [4.78, 5) is 15.4. The van der Waals surface area contributed by atoms with Crippen molar-refractivity contribution in [3.63, 3.8) is 0 Å². The first-order valence-electron chi connectivity index (χ1n) is 6.94. The summed E-state index contributed by atoms with van der Waals surface area (Å²) in [5.41, 5.74) is 1.80. The molecule has 118 valence electrons. The van der Waals surface area contributed by atoms with E-state index in [2.05, 4.69) is 33.4 Å². The molecule has 0 saturated carbocycles. The summed E-state index contributed by atoms with van der Waals surface area (Å²) in [5, 5.41) is 2.96. The molecule has 0 aliphatic carbocycles. The summed E-state index contributed by atoms with van der Waals surface area (Å²) >= 11 is 7.05. The van der Waals surface area contributed by atoms with Crippen LogP contribution in [0.1, 0.15) is 15.2 Å². The van der Waals surface area contributed by atoms with Gasteiger partial charge < -0.3 is 10.2 Å². The highest BCUT2D eigenvalue weighted by Gasteiger charge is 2.05. The number of anilines is 1. The van der Waals surface area contributed by atoms with Crippen LogP contribution < -0.4 is 10.2 Å². The molecular weight excluding hydrogens is 380 g/mol. The molecule has 0 atom stereocenters. The van der Waals surface area contributed by atoms with Crippen LogP contribution in [-0.4, -0.2) is 32.3 Å². The Morgan fingerprint density at radius 3 is 2.55 bits per heavy atom. The molecule has 0 bridgehead atoms. The standard InChI is InChI=1S/C16H19BrN2OS2/c1-19(2)13-5-3-12(4-6-13)16(20)18-9-10-21-11-14-7-8-15(17)22-14/h3-8H,9-11H2,1-2H3,(H,18,20). The van der Waals surface area contributed by atoms with Crippen molar-refractivity contribution in [2.24, 2.45) is 0 Å². The van der Waals surface area contributed by atoms with Crippen molar-refractivity contribution in [1.82, 2.24) is 5.32 Å². The van der Waals surface area contributed by atoms with Gasteiger partial charge in [0.15, 0.2) is 0 Å². The zero-order valence-corrected chi connectivity index (χ0v) is 15.9. The molecule has 2 rings (SSSR count). The van der Waals surface area contributed by atoms with Crippen molar-refractivity contribution in [3.8, 4) is 0 Å². The van der Waals surface area contributed by atoms with Gasteiger partial charge in [-0.1, -0.05) is 0 Å². The lowest BCUT2D eigenvalue weighted by Crippen LogP contribution is -2.25. The second-order valence-electron chi connectivity index (χ2n) is 4.96. The summed E-state index contributed by atoms with van der Waals surface area (Å²) in [5.74, 6) is 1.89. The average Bonchev–Trinajstić information content (AvgIpc) is 2.92. The lowest BCUT2D eigenvalue weighted by atomic mass is 10.2. The third-order valence-corrected chi connectivity index (χ3v) is 5.87. The zero-order valence-electron chi connectivity index (χ0n) is 12.6. The van der Waals surface area contributed by atoms with Crippen LogP contribution in [0, 0.1) is 0 Å². The van der Waals surface area contributed by atoms with Crippen LogP contribution in [0.25, 0.3) is 0 Å². The van der Waals surface area contributed by atoms with Crippen molar-refractivity contribution in [1.29, 1.82) is 0 Å². The number of carbonyl (C=O) groups is 1. The molecule has 3 nitrogen and oxygen atoms in total. The highest BCUT2D eigenvalue weighted by atomic mass is 79.9. The SMILES string of the molecule is CN(C)c1ccc(C(=O)NCCSCc2ccc(Br)s2)cc1. The Kier molecular flexibility index (Phi) is 6.79. The molecule has 2 aromatic rings. The first-order valence-corrected chi connectivity index (χ1v) is 9.70. The van der Waals surface area contributed by atoms with E-state index in [0.29, 0.717) is 12.1 Å². The van der Waals surface area contributed by atoms with Gasteiger partial charge in [0.2, 0.25) is 0 Å². The third-order valence-electron chi connectivity index (χ3n) is 3.05. The fraction of sp³-hybridized carbons (Fsp3) is 0.312.